The minimum Gasteiger partial charge on any atom is -0.508 e. The van der Waals surface area contributed by atoms with Gasteiger partial charge in [-0.3, -0.25) is 0 Å². The van der Waals surface area contributed by atoms with E-state index in [2.05, 4.69) is 33.6 Å². The van der Waals surface area contributed by atoms with Crippen molar-refractivity contribution in [1.82, 2.24) is 19.9 Å². The Morgan fingerprint density at radius 2 is 1.84 bits per heavy atom. The van der Waals surface area contributed by atoms with Crippen molar-refractivity contribution in [2.45, 2.75) is 58.5 Å². The highest BCUT2D eigenvalue weighted by Gasteiger charge is 2.32. The zero-order valence-corrected chi connectivity index (χ0v) is 26.0. The topological polar surface area (TPSA) is 94.8 Å². The second-order valence-electron chi connectivity index (χ2n) is 12.7. The van der Waals surface area contributed by atoms with E-state index in [1.807, 2.05) is 4.90 Å². The number of rotatable bonds is 7. The van der Waals surface area contributed by atoms with Gasteiger partial charge in [0.2, 0.25) is 0 Å². The highest BCUT2D eigenvalue weighted by atomic mass is 19.1. The van der Waals surface area contributed by atoms with Crippen LogP contribution in [0.15, 0.2) is 30.3 Å². The second kappa shape index (κ2) is 12.7. The number of aliphatic hydroxyl groups is 1. The van der Waals surface area contributed by atoms with Gasteiger partial charge in [0.15, 0.2) is 5.82 Å². The third kappa shape index (κ3) is 6.65. The molecule has 0 amide bonds. The quantitative estimate of drug-likeness (QED) is 0.243. The number of phenolic OH excluding ortho intramolecular Hbond substituents is 1. The number of fused-ring (bicyclic) bond motifs is 2. The second-order valence-corrected chi connectivity index (χ2v) is 12.7. The number of halogens is 2. The lowest BCUT2D eigenvalue weighted by Crippen LogP contribution is -2.46. The lowest BCUT2D eigenvalue weighted by molar-refractivity contribution is 0.0447. The lowest BCUT2D eigenvalue weighted by atomic mass is 9.94. The summed E-state index contributed by atoms with van der Waals surface area (Å²) in [5.74, 6) is 5.07. The SMILES string of the molecule is CC#Cc1nc(-c2cc(O)cc3ccc(F)cc23)c(F)c2nc(OC[C@@H](C)CN3CCCCC3)nc(N3CCC[C@@](C)(O)C3)c12. The van der Waals surface area contributed by atoms with E-state index < -0.39 is 17.2 Å². The molecule has 2 fully saturated rings. The van der Waals surface area contributed by atoms with Gasteiger partial charge in [0.1, 0.15) is 34.3 Å². The van der Waals surface area contributed by atoms with Gasteiger partial charge in [0.25, 0.3) is 0 Å². The minimum atomic E-state index is -0.966. The highest BCUT2D eigenvalue weighted by molar-refractivity contribution is 6.01. The number of benzene rings is 2. The van der Waals surface area contributed by atoms with Gasteiger partial charge in [-0.15, -0.1) is 0 Å². The van der Waals surface area contributed by atoms with Crippen LogP contribution in [0.1, 0.15) is 58.6 Å². The standard InChI is InChI=1S/C35H39F2N5O3/c1-4-9-28-29-32(30(37)31(38-28)27-18-25(43)16-23-10-11-24(36)17-26(23)27)39-34(40-33(29)42-15-8-12-35(3,44)21-42)45-20-22(2)19-41-13-6-5-7-14-41/h10-11,16-18,22,43-44H,5-8,12-15,19-21H2,1-3H3/t22-,35+/m0/s1. The Labute approximate surface area is 262 Å². The summed E-state index contributed by atoms with van der Waals surface area (Å²) in [4.78, 5) is 18.4. The van der Waals surface area contributed by atoms with E-state index in [1.165, 1.54) is 49.6 Å². The molecule has 0 saturated carbocycles. The van der Waals surface area contributed by atoms with Gasteiger partial charge in [-0.1, -0.05) is 25.3 Å². The molecule has 45 heavy (non-hydrogen) atoms. The van der Waals surface area contributed by atoms with E-state index in [0.29, 0.717) is 48.0 Å². The summed E-state index contributed by atoms with van der Waals surface area (Å²) < 4.78 is 37.4. The maximum Gasteiger partial charge on any atom is 0.319 e. The number of aromatic hydroxyl groups is 1. The van der Waals surface area contributed by atoms with Gasteiger partial charge < -0.3 is 24.7 Å². The van der Waals surface area contributed by atoms with Crippen molar-refractivity contribution < 1.29 is 23.7 Å². The molecule has 6 rings (SSSR count). The fourth-order valence-electron chi connectivity index (χ4n) is 6.58. The third-order valence-corrected chi connectivity index (χ3v) is 8.64. The Balaban J connectivity index is 1.50. The van der Waals surface area contributed by atoms with Crippen LogP contribution in [0.2, 0.25) is 0 Å². The molecule has 0 spiro atoms. The molecule has 8 nitrogen and oxygen atoms in total. The molecule has 0 aliphatic carbocycles. The number of anilines is 1. The number of hydrogen-bond acceptors (Lipinski definition) is 8. The lowest BCUT2D eigenvalue weighted by Gasteiger charge is -2.38. The number of phenols is 1. The first-order valence-electron chi connectivity index (χ1n) is 15.7. The number of hydrogen-bond donors (Lipinski definition) is 2. The van der Waals surface area contributed by atoms with Gasteiger partial charge in [-0.05, 0) is 93.6 Å². The fraction of sp³-hybridized carbons (Fsp3) is 0.457. The Bertz CT molecular complexity index is 1800. The molecule has 0 bridgehead atoms. The number of aromatic nitrogens is 3. The molecule has 236 valence electrons. The smallest absolute Gasteiger partial charge is 0.319 e. The predicted molar refractivity (Wildman–Crippen MR) is 171 cm³/mol. The number of piperidine rings is 2. The first-order valence-corrected chi connectivity index (χ1v) is 15.7. The molecule has 2 aromatic heterocycles. The summed E-state index contributed by atoms with van der Waals surface area (Å²) in [6, 6.07) is 6.98. The predicted octanol–water partition coefficient (Wildman–Crippen LogP) is 6.05. The molecule has 0 unspecified atom stereocenters. The number of β-amino-alcohol motifs (C(OH)–C–C–N with tert-alkyl or cyclic N) is 1. The van der Waals surface area contributed by atoms with Crippen LogP contribution < -0.4 is 9.64 Å². The molecule has 0 radical (unpaired) electrons. The summed E-state index contributed by atoms with van der Waals surface area (Å²) in [5, 5.41) is 22.7. The average molecular weight is 616 g/mol. The third-order valence-electron chi connectivity index (χ3n) is 8.64. The van der Waals surface area contributed by atoms with Crippen LogP contribution in [0.25, 0.3) is 32.9 Å². The summed E-state index contributed by atoms with van der Waals surface area (Å²) in [6.45, 7) is 9.79. The van der Waals surface area contributed by atoms with Crippen LogP contribution in [-0.4, -0.2) is 75.0 Å². The molecule has 2 aliphatic heterocycles. The van der Waals surface area contributed by atoms with E-state index in [4.69, 9.17) is 9.72 Å². The van der Waals surface area contributed by atoms with Gasteiger partial charge >= 0.3 is 6.01 Å². The number of likely N-dealkylation sites (tertiary alicyclic amines) is 1. The number of nitrogens with zero attached hydrogens (tertiary/aromatic N) is 5. The van der Waals surface area contributed by atoms with Crippen molar-refractivity contribution in [2.75, 3.05) is 44.2 Å². The highest BCUT2D eigenvalue weighted by Crippen LogP contribution is 2.39. The first kappa shape index (κ1) is 30.9. The Kier molecular flexibility index (Phi) is 8.76. The van der Waals surface area contributed by atoms with Crippen LogP contribution >= 0.6 is 0 Å². The van der Waals surface area contributed by atoms with Gasteiger partial charge in [-0.25, -0.2) is 13.8 Å². The molecule has 4 heterocycles. The van der Waals surface area contributed by atoms with Gasteiger partial charge in [-0.2, -0.15) is 9.97 Å². The van der Waals surface area contributed by atoms with Crippen LogP contribution in [0.5, 0.6) is 11.8 Å². The molecule has 10 heteroatoms. The van der Waals surface area contributed by atoms with Crippen molar-refractivity contribution in [3.63, 3.8) is 0 Å². The average Bonchev–Trinajstić information content (AvgIpc) is 3.01. The van der Waals surface area contributed by atoms with Gasteiger partial charge in [0.05, 0.1) is 17.6 Å². The monoisotopic (exact) mass is 615 g/mol. The zero-order valence-electron chi connectivity index (χ0n) is 26.0. The number of ether oxygens (including phenoxy) is 1. The fourth-order valence-corrected chi connectivity index (χ4v) is 6.58. The maximum absolute atomic E-state index is 16.8. The molecule has 2 atom stereocenters. The van der Waals surface area contributed by atoms with E-state index in [1.54, 1.807) is 13.8 Å². The Hall–Kier alpha value is -4.07. The van der Waals surface area contributed by atoms with Crippen molar-refractivity contribution in [1.29, 1.82) is 0 Å². The van der Waals surface area contributed by atoms with Crippen LogP contribution in [-0.2, 0) is 0 Å². The molecule has 2 aliphatic rings. The maximum atomic E-state index is 16.8. The van der Waals surface area contributed by atoms with E-state index in [0.717, 1.165) is 19.6 Å². The Morgan fingerprint density at radius 3 is 2.60 bits per heavy atom. The summed E-state index contributed by atoms with van der Waals surface area (Å²) >= 11 is 0. The van der Waals surface area contributed by atoms with Crippen LogP contribution in [0.3, 0.4) is 0 Å². The number of pyridine rings is 1. The van der Waals surface area contributed by atoms with E-state index in [9.17, 15) is 14.6 Å². The summed E-state index contributed by atoms with van der Waals surface area (Å²) in [7, 11) is 0. The largest absolute Gasteiger partial charge is 0.508 e. The van der Waals surface area contributed by atoms with Crippen molar-refractivity contribution in [2.24, 2.45) is 5.92 Å². The van der Waals surface area contributed by atoms with Crippen molar-refractivity contribution in [3.05, 3.63) is 47.7 Å². The zero-order chi connectivity index (χ0) is 31.7. The van der Waals surface area contributed by atoms with Crippen LogP contribution in [0, 0.1) is 29.4 Å². The van der Waals surface area contributed by atoms with Crippen molar-refractivity contribution >= 4 is 27.5 Å². The van der Waals surface area contributed by atoms with E-state index in [-0.39, 0.29) is 46.7 Å². The van der Waals surface area contributed by atoms with E-state index >= 15 is 4.39 Å². The molecule has 2 N–H and O–H groups in total. The Morgan fingerprint density at radius 1 is 1.04 bits per heavy atom. The van der Waals surface area contributed by atoms with Crippen molar-refractivity contribution in [3.8, 4) is 34.9 Å². The summed E-state index contributed by atoms with van der Waals surface area (Å²) in [5.41, 5.74) is -0.679. The molecule has 4 aromatic rings. The van der Waals surface area contributed by atoms with Gasteiger partial charge in [0, 0.05) is 31.1 Å². The molecular formula is C35H39F2N5O3. The molecule has 2 aromatic carbocycles. The molecular weight excluding hydrogens is 576 g/mol. The first-order chi connectivity index (χ1) is 21.6. The van der Waals surface area contributed by atoms with Crippen LogP contribution in [0.4, 0.5) is 14.6 Å². The minimum absolute atomic E-state index is 0.0199. The molecule has 2 saturated heterocycles. The normalized spacial score (nSPS) is 19.8. The summed E-state index contributed by atoms with van der Waals surface area (Å²) in [6.07, 6.45) is 5.00.